The number of thiophene rings is 1. The molecule has 0 spiro atoms. The monoisotopic (exact) mass is 409 g/mol. The van der Waals surface area contributed by atoms with E-state index in [1.165, 1.54) is 11.3 Å². The van der Waals surface area contributed by atoms with E-state index in [0.717, 1.165) is 3.79 Å². The predicted molar refractivity (Wildman–Crippen MR) is 96.9 cm³/mol. The van der Waals surface area contributed by atoms with E-state index in [9.17, 15) is 14.4 Å². The second-order valence-electron chi connectivity index (χ2n) is 5.09. The summed E-state index contributed by atoms with van der Waals surface area (Å²) < 4.78 is 0.838. The third-order valence-corrected chi connectivity index (χ3v) is 4.80. The molecule has 0 bridgehead atoms. The Kier molecular flexibility index (Phi) is 6.10. The van der Waals surface area contributed by atoms with Crippen LogP contribution in [0.2, 0.25) is 0 Å². The molecule has 4 N–H and O–H groups in total. The summed E-state index contributed by atoms with van der Waals surface area (Å²) in [6.07, 6.45) is 0.0282. The molecular formula is C16H16BrN3O3S. The molecule has 6 nitrogen and oxygen atoms in total. The summed E-state index contributed by atoms with van der Waals surface area (Å²) in [5.41, 5.74) is 6.33. The SMILES string of the molecule is CC(NC(=O)c1ccc(Br)s1)C(=O)Nc1ccccc1CC(N)=O. The van der Waals surface area contributed by atoms with Crippen LogP contribution in [0.3, 0.4) is 0 Å². The maximum absolute atomic E-state index is 12.3. The number of carbonyl (C=O) groups is 3. The Bertz CT molecular complexity index is 775. The first-order valence-corrected chi connectivity index (χ1v) is 8.71. The molecule has 2 rings (SSSR count). The second kappa shape index (κ2) is 8.07. The van der Waals surface area contributed by atoms with Crippen LogP contribution in [0.15, 0.2) is 40.2 Å². The number of hydrogen-bond acceptors (Lipinski definition) is 4. The van der Waals surface area contributed by atoms with Crippen molar-refractivity contribution in [2.45, 2.75) is 19.4 Å². The van der Waals surface area contributed by atoms with Crippen molar-refractivity contribution >= 4 is 50.7 Å². The van der Waals surface area contributed by atoms with Crippen LogP contribution in [0, 0.1) is 0 Å². The highest BCUT2D eigenvalue weighted by atomic mass is 79.9. The highest BCUT2D eigenvalue weighted by Gasteiger charge is 2.19. The topological polar surface area (TPSA) is 101 Å². The van der Waals surface area contributed by atoms with Crippen molar-refractivity contribution in [2.24, 2.45) is 5.73 Å². The molecule has 8 heteroatoms. The number of rotatable bonds is 6. The van der Waals surface area contributed by atoms with E-state index in [1.54, 1.807) is 43.3 Å². The maximum atomic E-state index is 12.3. The van der Waals surface area contributed by atoms with Gasteiger partial charge in [-0.25, -0.2) is 0 Å². The van der Waals surface area contributed by atoms with E-state index in [-0.39, 0.29) is 18.2 Å². The lowest BCUT2D eigenvalue weighted by Gasteiger charge is -2.15. The lowest BCUT2D eigenvalue weighted by Crippen LogP contribution is -2.41. The van der Waals surface area contributed by atoms with Gasteiger partial charge in [0.1, 0.15) is 6.04 Å². The highest BCUT2D eigenvalue weighted by Crippen LogP contribution is 2.22. The van der Waals surface area contributed by atoms with Crippen molar-refractivity contribution in [3.05, 3.63) is 50.6 Å². The van der Waals surface area contributed by atoms with Crippen molar-refractivity contribution in [1.82, 2.24) is 5.32 Å². The number of para-hydroxylation sites is 1. The van der Waals surface area contributed by atoms with Gasteiger partial charge >= 0.3 is 0 Å². The van der Waals surface area contributed by atoms with Gasteiger partial charge in [0.15, 0.2) is 0 Å². The Morgan fingerprint density at radius 1 is 1.21 bits per heavy atom. The van der Waals surface area contributed by atoms with Gasteiger partial charge in [-0.1, -0.05) is 18.2 Å². The first kappa shape index (κ1) is 18.2. The molecule has 1 unspecified atom stereocenters. The molecular weight excluding hydrogens is 394 g/mol. The predicted octanol–water partition coefficient (Wildman–Crippen LogP) is 2.30. The number of hydrogen-bond donors (Lipinski definition) is 3. The first-order chi connectivity index (χ1) is 11.4. The molecule has 1 aromatic carbocycles. The van der Waals surface area contributed by atoms with Gasteiger partial charge in [0.2, 0.25) is 11.8 Å². The second-order valence-corrected chi connectivity index (χ2v) is 7.55. The summed E-state index contributed by atoms with van der Waals surface area (Å²) in [5.74, 6) is -1.18. The number of amides is 3. The minimum Gasteiger partial charge on any atom is -0.369 e. The Hall–Kier alpha value is -2.19. The summed E-state index contributed by atoms with van der Waals surface area (Å²) in [4.78, 5) is 36.0. The molecule has 1 atom stereocenters. The Labute approximate surface area is 151 Å². The van der Waals surface area contributed by atoms with Crippen LogP contribution in [0.1, 0.15) is 22.2 Å². The minimum atomic E-state index is -0.736. The number of carbonyl (C=O) groups excluding carboxylic acids is 3. The fourth-order valence-corrected chi connectivity index (χ4v) is 3.28. The van der Waals surface area contributed by atoms with E-state index in [1.807, 2.05) is 0 Å². The molecule has 1 heterocycles. The number of nitrogens with two attached hydrogens (primary N) is 1. The zero-order valence-corrected chi connectivity index (χ0v) is 15.2. The Morgan fingerprint density at radius 2 is 1.92 bits per heavy atom. The number of benzene rings is 1. The minimum absolute atomic E-state index is 0.0282. The van der Waals surface area contributed by atoms with Crippen LogP contribution < -0.4 is 16.4 Å². The number of halogens is 1. The third kappa shape index (κ3) is 4.90. The first-order valence-electron chi connectivity index (χ1n) is 7.10. The van der Waals surface area contributed by atoms with Gasteiger partial charge in [-0.05, 0) is 46.6 Å². The summed E-state index contributed by atoms with van der Waals surface area (Å²) in [6.45, 7) is 1.59. The molecule has 0 saturated heterocycles. The fourth-order valence-electron chi connectivity index (χ4n) is 1.99. The molecule has 0 saturated carbocycles. The molecule has 3 amide bonds. The van der Waals surface area contributed by atoms with E-state index < -0.39 is 11.9 Å². The van der Waals surface area contributed by atoms with E-state index in [2.05, 4.69) is 26.6 Å². The number of primary amides is 1. The van der Waals surface area contributed by atoms with Crippen LogP contribution in [0.5, 0.6) is 0 Å². The van der Waals surface area contributed by atoms with E-state index >= 15 is 0 Å². The molecule has 2 aromatic rings. The molecule has 0 fully saturated rings. The zero-order chi connectivity index (χ0) is 17.7. The molecule has 126 valence electrons. The van der Waals surface area contributed by atoms with Gasteiger partial charge < -0.3 is 16.4 Å². The molecule has 1 aromatic heterocycles. The number of anilines is 1. The molecule has 0 aliphatic heterocycles. The highest BCUT2D eigenvalue weighted by molar-refractivity contribution is 9.11. The summed E-state index contributed by atoms with van der Waals surface area (Å²) in [7, 11) is 0. The maximum Gasteiger partial charge on any atom is 0.262 e. The lowest BCUT2D eigenvalue weighted by atomic mass is 10.1. The van der Waals surface area contributed by atoms with Crippen LogP contribution in [0.25, 0.3) is 0 Å². The van der Waals surface area contributed by atoms with Crippen LogP contribution >= 0.6 is 27.3 Å². The van der Waals surface area contributed by atoms with Crippen LogP contribution in [-0.4, -0.2) is 23.8 Å². The molecule has 0 radical (unpaired) electrons. The fraction of sp³-hybridized carbons (Fsp3) is 0.188. The molecule has 0 aliphatic carbocycles. The summed E-state index contributed by atoms with van der Waals surface area (Å²) >= 11 is 4.57. The standard InChI is InChI=1S/C16H16BrN3O3S/c1-9(19-16(23)12-6-7-13(17)24-12)15(22)20-11-5-3-2-4-10(11)8-14(18)21/h2-7,9H,8H2,1H3,(H2,18,21)(H,19,23)(H,20,22). The normalized spacial score (nSPS) is 11.6. The van der Waals surface area contributed by atoms with Crippen LogP contribution in [0.4, 0.5) is 5.69 Å². The number of nitrogens with one attached hydrogen (secondary N) is 2. The molecule has 0 aliphatic rings. The Morgan fingerprint density at radius 3 is 2.54 bits per heavy atom. The van der Waals surface area contributed by atoms with Gasteiger partial charge in [-0.2, -0.15) is 0 Å². The summed E-state index contributed by atoms with van der Waals surface area (Å²) in [6, 6.07) is 9.61. The zero-order valence-electron chi connectivity index (χ0n) is 12.8. The van der Waals surface area contributed by atoms with Gasteiger partial charge in [0, 0.05) is 5.69 Å². The van der Waals surface area contributed by atoms with Crippen molar-refractivity contribution in [3.8, 4) is 0 Å². The van der Waals surface area contributed by atoms with E-state index in [0.29, 0.717) is 16.1 Å². The molecule has 24 heavy (non-hydrogen) atoms. The average Bonchev–Trinajstić information content (AvgIpc) is 2.95. The van der Waals surface area contributed by atoms with Gasteiger partial charge in [-0.3, -0.25) is 14.4 Å². The Balaban J connectivity index is 2.01. The van der Waals surface area contributed by atoms with Crippen molar-refractivity contribution in [1.29, 1.82) is 0 Å². The summed E-state index contributed by atoms with van der Waals surface area (Å²) in [5, 5.41) is 5.35. The van der Waals surface area contributed by atoms with Gasteiger partial charge in [-0.15, -0.1) is 11.3 Å². The lowest BCUT2D eigenvalue weighted by molar-refractivity contribution is -0.118. The van der Waals surface area contributed by atoms with Gasteiger partial charge in [0.05, 0.1) is 15.1 Å². The van der Waals surface area contributed by atoms with E-state index in [4.69, 9.17) is 5.73 Å². The quantitative estimate of drug-likeness (QED) is 0.681. The van der Waals surface area contributed by atoms with Crippen LogP contribution in [-0.2, 0) is 16.0 Å². The van der Waals surface area contributed by atoms with Crippen molar-refractivity contribution in [3.63, 3.8) is 0 Å². The average molecular weight is 410 g/mol. The largest absolute Gasteiger partial charge is 0.369 e. The third-order valence-electron chi connectivity index (χ3n) is 3.18. The van der Waals surface area contributed by atoms with Gasteiger partial charge in [0.25, 0.3) is 5.91 Å². The smallest absolute Gasteiger partial charge is 0.262 e. The van der Waals surface area contributed by atoms with Crippen molar-refractivity contribution in [2.75, 3.05) is 5.32 Å². The van der Waals surface area contributed by atoms with Crippen molar-refractivity contribution < 1.29 is 14.4 Å².